The summed E-state index contributed by atoms with van der Waals surface area (Å²) in [7, 11) is 1.48. The molecule has 1 aromatic carbocycles. The van der Waals surface area contributed by atoms with Crippen molar-refractivity contribution in [1.29, 1.82) is 0 Å². The maximum Gasteiger partial charge on any atom is 0.273 e. The van der Waals surface area contributed by atoms with Crippen LogP contribution < -0.4 is 0 Å². The number of ether oxygens (including phenoxy) is 1. The molecule has 17 heavy (non-hydrogen) atoms. The van der Waals surface area contributed by atoms with Gasteiger partial charge in [-0.1, -0.05) is 0 Å². The fourth-order valence-electron chi connectivity index (χ4n) is 1.39. The van der Waals surface area contributed by atoms with Crippen molar-refractivity contribution in [2.75, 3.05) is 13.7 Å². The van der Waals surface area contributed by atoms with Crippen LogP contribution in [0.1, 0.15) is 5.56 Å². The topological polar surface area (TPSA) is 52.4 Å². The standard InChI is InChI=1S/C10H10BrClFNO3/c1-17-5-7(12)2-6-3-9(13)8(11)4-10(6)14(15)16/h3-4,7H,2,5H2,1H3. The van der Waals surface area contributed by atoms with Crippen LogP contribution in [0, 0.1) is 15.9 Å². The van der Waals surface area contributed by atoms with E-state index in [0.717, 1.165) is 12.1 Å². The average Bonchev–Trinajstić information content (AvgIpc) is 2.23. The first kappa shape index (κ1) is 14.3. The molecule has 1 atom stereocenters. The molecule has 0 saturated heterocycles. The van der Waals surface area contributed by atoms with Crippen LogP contribution in [0.2, 0.25) is 0 Å². The summed E-state index contributed by atoms with van der Waals surface area (Å²) in [6, 6.07) is 2.26. The monoisotopic (exact) mass is 325 g/mol. The largest absolute Gasteiger partial charge is 0.383 e. The normalized spacial score (nSPS) is 12.5. The van der Waals surface area contributed by atoms with Crippen LogP contribution in [0.4, 0.5) is 10.1 Å². The van der Waals surface area contributed by atoms with E-state index in [1.807, 2.05) is 0 Å². The van der Waals surface area contributed by atoms with E-state index >= 15 is 0 Å². The Morgan fingerprint density at radius 1 is 1.65 bits per heavy atom. The minimum atomic E-state index is -0.560. The number of alkyl halides is 1. The molecule has 0 aliphatic heterocycles. The first-order valence-corrected chi connectivity index (χ1v) is 5.94. The van der Waals surface area contributed by atoms with Gasteiger partial charge in [0.25, 0.3) is 5.69 Å². The van der Waals surface area contributed by atoms with Crippen molar-refractivity contribution in [3.63, 3.8) is 0 Å². The van der Waals surface area contributed by atoms with Crippen molar-refractivity contribution in [2.24, 2.45) is 0 Å². The molecule has 0 aromatic heterocycles. The Kier molecular flexibility index (Phi) is 5.30. The van der Waals surface area contributed by atoms with E-state index in [-0.39, 0.29) is 28.8 Å². The van der Waals surface area contributed by atoms with Gasteiger partial charge in [-0.05, 0) is 28.4 Å². The van der Waals surface area contributed by atoms with Gasteiger partial charge in [0.1, 0.15) is 5.82 Å². The van der Waals surface area contributed by atoms with E-state index in [4.69, 9.17) is 16.3 Å². The summed E-state index contributed by atoms with van der Waals surface area (Å²) in [5.74, 6) is -0.549. The number of benzene rings is 1. The third-order valence-corrected chi connectivity index (χ3v) is 3.00. The van der Waals surface area contributed by atoms with Crippen LogP contribution in [0.3, 0.4) is 0 Å². The smallest absolute Gasteiger partial charge is 0.273 e. The van der Waals surface area contributed by atoms with Crippen LogP contribution in [0.15, 0.2) is 16.6 Å². The van der Waals surface area contributed by atoms with Gasteiger partial charge in [-0.15, -0.1) is 11.6 Å². The molecule has 0 N–H and O–H groups in total. The Morgan fingerprint density at radius 2 is 2.29 bits per heavy atom. The predicted octanol–water partition coefficient (Wildman–Crippen LogP) is 3.29. The fraction of sp³-hybridized carbons (Fsp3) is 0.400. The minimum absolute atomic E-state index is 0.0609. The molecule has 0 saturated carbocycles. The van der Waals surface area contributed by atoms with Gasteiger partial charge in [-0.25, -0.2) is 4.39 Å². The first-order chi connectivity index (χ1) is 7.95. The van der Waals surface area contributed by atoms with Gasteiger partial charge in [0.15, 0.2) is 0 Å². The zero-order chi connectivity index (χ0) is 13.0. The minimum Gasteiger partial charge on any atom is -0.383 e. The maximum atomic E-state index is 13.3. The van der Waals surface area contributed by atoms with Gasteiger partial charge < -0.3 is 4.74 Å². The van der Waals surface area contributed by atoms with Crippen molar-refractivity contribution in [1.82, 2.24) is 0 Å². The number of hydrogen-bond donors (Lipinski definition) is 0. The van der Waals surface area contributed by atoms with Gasteiger partial charge in [0, 0.05) is 18.7 Å². The lowest BCUT2D eigenvalue weighted by molar-refractivity contribution is -0.385. The number of nitro groups is 1. The molecule has 4 nitrogen and oxygen atoms in total. The van der Waals surface area contributed by atoms with E-state index in [9.17, 15) is 14.5 Å². The van der Waals surface area contributed by atoms with Crippen molar-refractivity contribution < 1.29 is 14.1 Å². The Bertz CT molecular complexity index is 430. The molecule has 1 aromatic rings. The van der Waals surface area contributed by atoms with Crippen LogP contribution in [-0.4, -0.2) is 24.0 Å². The number of hydrogen-bond acceptors (Lipinski definition) is 3. The molecule has 7 heteroatoms. The lowest BCUT2D eigenvalue weighted by Gasteiger charge is -2.09. The van der Waals surface area contributed by atoms with Crippen LogP contribution in [0.25, 0.3) is 0 Å². The molecular formula is C10H10BrClFNO3. The second kappa shape index (κ2) is 6.28. The summed E-state index contributed by atoms with van der Waals surface area (Å²) in [5, 5.41) is 10.4. The zero-order valence-corrected chi connectivity index (χ0v) is 11.3. The third-order valence-electron chi connectivity index (χ3n) is 2.11. The average molecular weight is 327 g/mol. The van der Waals surface area contributed by atoms with E-state index < -0.39 is 16.1 Å². The van der Waals surface area contributed by atoms with Crippen LogP contribution in [0.5, 0.6) is 0 Å². The first-order valence-electron chi connectivity index (χ1n) is 4.71. The quantitative estimate of drug-likeness (QED) is 0.474. The lowest BCUT2D eigenvalue weighted by atomic mass is 10.1. The number of rotatable bonds is 5. The lowest BCUT2D eigenvalue weighted by Crippen LogP contribution is -2.12. The summed E-state index contributed by atoms with van der Waals surface area (Å²) < 4.78 is 18.2. The molecule has 0 bridgehead atoms. The molecule has 0 aliphatic rings. The van der Waals surface area contributed by atoms with Crippen molar-refractivity contribution >= 4 is 33.2 Å². The molecule has 0 fully saturated rings. The molecule has 0 aliphatic carbocycles. The Labute approximate surface area is 111 Å². The Balaban J connectivity index is 3.04. The van der Waals surface area contributed by atoms with Gasteiger partial charge in [0.05, 0.1) is 21.4 Å². The molecule has 1 unspecified atom stereocenters. The summed E-state index contributed by atoms with van der Waals surface area (Å²) >= 11 is 8.81. The highest BCUT2D eigenvalue weighted by Crippen LogP contribution is 2.28. The second-order valence-corrected chi connectivity index (χ2v) is 4.88. The molecule has 1 rings (SSSR count). The Hall–Kier alpha value is -0.720. The second-order valence-electron chi connectivity index (χ2n) is 3.41. The number of halogens is 3. The summed E-state index contributed by atoms with van der Waals surface area (Å²) in [4.78, 5) is 10.3. The summed E-state index contributed by atoms with van der Waals surface area (Å²) in [6.07, 6.45) is 0.176. The van der Waals surface area contributed by atoms with Gasteiger partial charge in [0.2, 0.25) is 0 Å². The molecule has 0 amide bonds. The SMILES string of the molecule is COCC(Cl)Cc1cc(F)c(Br)cc1[N+](=O)[O-]. The van der Waals surface area contributed by atoms with Crippen LogP contribution in [-0.2, 0) is 11.2 Å². The highest BCUT2D eigenvalue weighted by molar-refractivity contribution is 9.10. The van der Waals surface area contributed by atoms with E-state index in [1.54, 1.807) is 0 Å². The van der Waals surface area contributed by atoms with Crippen LogP contribution >= 0.6 is 27.5 Å². The van der Waals surface area contributed by atoms with Crippen molar-refractivity contribution in [2.45, 2.75) is 11.8 Å². The predicted molar refractivity (Wildman–Crippen MR) is 66.0 cm³/mol. The van der Waals surface area contributed by atoms with E-state index in [0.29, 0.717) is 0 Å². The summed E-state index contributed by atoms with van der Waals surface area (Å²) in [6.45, 7) is 0.246. The third kappa shape index (κ3) is 3.90. The molecule has 94 valence electrons. The van der Waals surface area contributed by atoms with Crippen molar-refractivity contribution in [3.8, 4) is 0 Å². The number of nitro benzene ring substituents is 1. The van der Waals surface area contributed by atoms with E-state index in [2.05, 4.69) is 15.9 Å². The molecule has 0 radical (unpaired) electrons. The fourth-order valence-corrected chi connectivity index (χ4v) is 2.01. The van der Waals surface area contributed by atoms with Gasteiger partial charge in [-0.3, -0.25) is 10.1 Å². The van der Waals surface area contributed by atoms with Gasteiger partial charge >= 0.3 is 0 Å². The van der Waals surface area contributed by atoms with E-state index in [1.165, 1.54) is 7.11 Å². The molecular weight excluding hydrogens is 316 g/mol. The summed E-state index contributed by atoms with van der Waals surface area (Å²) in [5.41, 5.74) is 0.104. The molecule has 0 heterocycles. The zero-order valence-electron chi connectivity index (χ0n) is 8.95. The highest BCUT2D eigenvalue weighted by atomic mass is 79.9. The number of methoxy groups -OCH3 is 1. The maximum absolute atomic E-state index is 13.3. The highest BCUT2D eigenvalue weighted by Gasteiger charge is 2.19. The molecule has 0 spiro atoms. The Morgan fingerprint density at radius 3 is 2.82 bits per heavy atom. The number of nitrogens with zero attached hydrogens (tertiary/aromatic N) is 1. The van der Waals surface area contributed by atoms with Gasteiger partial charge in [-0.2, -0.15) is 0 Å². The van der Waals surface area contributed by atoms with Crippen molar-refractivity contribution in [3.05, 3.63) is 38.1 Å².